The first-order chi connectivity index (χ1) is 11.0. The van der Waals surface area contributed by atoms with Gasteiger partial charge in [-0.25, -0.2) is 13.8 Å². The van der Waals surface area contributed by atoms with E-state index in [0.717, 1.165) is 36.5 Å². The predicted molar refractivity (Wildman–Crippen MR) is 85.4 cm³/mol. The van der Waals surface area contributed by atoms with Gasteiger partial charge in [-0.1, -0.05) is 13.8 Å². The molecule has 0 radical (unpaired) electrons. The van der Waals surface area contributed by atoms with Gasteiger partial charge in [-0.3, -0.25) is 5.10 Å². The highest BCUT2D eigenvalue weighted by atomic mass is 19.2. The van der Waals surface area contributed by atoms with Gasteiger partial charge in [0.05, 0.1) is 22.6 Å². The van der Waals surface area contributed by atoms with Crippen LogP contribution in [0.4, 0.5) is 14.5 Å². The molecule has 0 saturated carbocycles. The number of H-pyrrole nitrogens is 1. The molecule has 118 valence electrons. The molecular weight excluding hydrogens is 298 g/mol. The third-order valence-electron chi connectivity index (χ3n) is 4.45. The van der Waals surface area contributed by atoms with Crippen LogP contribution in [0.3, 0.4) is 0 Å². The Labute approximate surface area is 131 Å². The van der Waals surface area contributed by atoms with E-state index in [1.807, 2.05) is 12.1 Å². The third kappa shape index (κ3) is 2.17. The summed E-state index contributed by atoms with van der Waals surface area (Å²) in [4.78, 5) is 4.75. The molecule has 0 aliphatic carbocycles. The van der Waals surface area contributed by atoms with Gasteiger partial charge in [0.15, 0.2) is 11.6 Å². The fraction of sp³-hybridized carbons (Fsp3) is 0.294. The van der Waals surface area contributed by atoms with E-state index in [-0.39, 0.29) is 5.41 Å². The van der Waals surface area contributed by atoms with Crippen LogP contribution in [0.5, 0.6) is 0 Å². The van der Waals surface area contributed by atoms with E-state index >= 15 is 0 Å². The van der Waals surface area contributed by atoms with Gasteiger partial charge in [0.1, 0.15) is 5.69 Å². The molecule has 0 bridgehead atoms. The van der Waals surface area contributed by atoms with E-state index in [1.54, 1.807) is 0 Å². The minimum Gasteiger partial charge on any atom is -0.384 e. The van der Waals surface area contributed by atoms with Gasteiger partial charge in [0.25, 0.3) is 0 Å². The molecule has 4 nitrogen and oxygen atoms in total. The van der Waals surface area contributed by atoms with Crippen molar-refractivity contribution in [3.63, 3.8) is 0 Å². The summed E-state index contributed by atoms with van der Waals surface area (Å²) in [6.45, 7) is 5.22. The van der Waals surface area contributed by atoms with Crippen LogP contribution in [0.15, 0.2) is 24.3 Å². The quantitative estimate of drug-likeness (QED) is 0.714. The van der Waals surface area contributed by atoms with Gasteiger partial charge in [-0.2, -0.15) is 5.10 Å². The number of aromatic amines is 1. The second kappa shape index (κ2) is 4.75. The first kappa shape index (κ1) is 14.1. The van der Waals surface area contributed by atoms with Crippen LogP contribution < -0.4 is 5.32 Å². The van der Waals surface area contributed by atoms with E-state index in [0.29, 0.717) is 22.3 Å². The molecule has 3 aromatic rings. The molecule has 6 heteroatoms. The maximum absolute atomic E-state index is 13.6. The normalized spacial score (nSPS) is 16.2. The molecule has 1 aliphatic rings. The Balaban J connectivity index is 1.90. The number of nitrogens with one attached hydrogen (secondary N) is 2. The van der Waals surface area contributed by atoms with Gasteiger partial charge in [-0.15, -0.1) is 0 Å². The summed E-state index contributed by atoms with van der Waals surface area (Å²) < 4.78 is 26.9. The van der Waals surface area contributed by atoms with Crippen molar-refractivity contribution in [1.29, 1.82) is 0 Å². The van der Waals surface area contributed by atoms with Crippen LogP contribution in [-0.4, -0.2) is 21.7 Å². The smallest absolute Gasteiger partial charge is 0.160 e. The van der Waals surface area contributed by atoms with Crippen LogP contribution >= 0.6 is 0 Å². The topological polar surface area (TPSA) is 53.6 Å². The molecule has 0 fully saturated rings. The lowest BCUT2D eigenvalue weighted by atomic mass is 9.82. The highest BCUT2D eigenvalue weighted by molar-refractivity contribution is 5.92. The van der Waals surface area contributed by atoms with Crippen molar-refractivity contribution in [3.8, 4) is 11.4 Å². The van der Waals surface area contributed by atoms with Crippen LogP contribution in [0.1, 0.15) is 26.0 Å². The maximum atomic E-state index is 13.6. The Bertz CT molecular complexity index is 914. The molecule has 1 aromatic carbocycles. The van der Waals surface area contributed by atoms with Gasteiger partial charge >= 0.3 is 0 Å². The van der Waals surface area contributed by atoms with E-state index < -0.39 is 11.6 Å². The summed E-state index contributed by atoms with van der Waals surface area (Å²) >= 11 is 0. The number of fused-ring (bicyclic) bond motifs is 2. The van der Waals surface area contributed by atoms with Gasteiger partial charge in [0, 0.05) is 23.4 Å². The Morgan fingerprint density at radius 1 is 1.13 bits per heavy atom. The number of halogens is 2. The lowest BCUT2D eigenvalue weighted by Crippen LogP contribution is -2.29. The number of aromatic nitrogens is 3. The molecule has 4 rings (SSSR count). The minimum absolute atomic E-state index is 0.0416. The van der Waals surface area contributed by atoms with Crippen molar-refractivity contribution < 1.29 is 8.78 Å². The second-order valence-corrected chi connectivity index (χ2v) is 6.54. The van der Waals surface area contributed by atoms with Gasteiger partial charge in [0.2, 0.25) is 0 Å². The number of hydrogen-bond donors (Lipinski definition) is 2. The fourth-order valence-electron chi connectivity index (χ4n) is 3.08. The maximum Gasteiger partial charge on any atom is 0.160 e. The standard InChI is InChI=1S/C17H16F2N4/c1-17(2)5-6-20-13-4-3-12(21-16(13)17)15-9-7-10(18)11(19)8-14(9)22-23-15/h3-4,7-8,20H,5-6H2,1-2H3,(H,22,23). The number of anilines is 1. The Morgan fingerprint density at radius 3 is 2.74 bits per heavy atom. The molecule has 2 N–H and O–H groups in total. The number of rotatable bonds is 1. The van der Waals surface area contributed by atoms with Gasteiger partial charge in [-0.05, 0) is 24.6 Å². The molecule has 1 aliphatic heterocycles. The summed E-state index contributed by atoms with van der Waals surface area (Å²) in [6, 6.07) is 6.10. The van der Waals surface area contributed by atoms with Crippen LogP contribution in [0.2, 0.25) is 0 Å². The lowest BCUT2D eigenvalue weighted by molar-refractivity contribution is 0.467. The highest BCUT2D eigenvalue weighted by Crippen LogP contribution is 2.37. The van der Waals surface area contributed by atoms with Gasteiger partial charge < -0.3 is 5.32 Å². The van der Waals surface area contributed by atoms with E-state index in [4.69, 9.17) is 4.98 Å². The minimum atomic E-state index is -0.892. The molecule has 0 unspecified atom stereocenters. The molecule has 3 heterocycles. The van der Waals surface area contributed by atoms with Crippen molar-refractivity contribution in [3.05, 3.63) is 41.6 Å². The number of nitrogens with zero attached hydrogens (tertiary/aromatic N) is 2. The monoisotopic (exact) mass is 314 g/mol. The SMILES string of the molecule is CC1(C)CCNc2ccc(-c3n[nH]c4cc(F)c(F)cc34)nc21. The largest absolute Gasteiger partial charge is 0.384 e. The van der Waals surface area contributed by atoms with Crippen LogP contribution in [-0.2, 0) is 5.41 Å². The average molecular weight is 314 g/mol. The molecule has 23 heavy (non-hydrogen) atoms. The molecule has 0 saturated heterocycles. The van der Waals surface area contributed by atoms with E-state index in [1.165, 1.54) is 0 Å². The van der Waals surface area contributed by atoms with Crippen molar-refractivity contribution in [1.82, 2.24) is 15.2 Å². The summed E-state index contributed by atoms with van der Waals surface area (Å²) in [6.07, 6.45) is 0.984. The average Bonchev–Trinajstić information content (AvgIpc) is 2.90. The molecular formula is C17H16F2N4. The van der Waals surface area contributed by atoms with E-state index in [9.17, 15) is 8.78 Å². The van der Waals surface area contributed by atoms with Crippen LogP contribution in [0.25, 0.3) is 22.3 Å². The summed E-state index contributed by atoms with van der Waals surface area (Å²) in [5.41, 5.74) is 3.58. The zero-order chi connectivity index (χ0) is 16.2. The molecule has 0 atom stereocenters. The summed E-state index contributed by atoms with van der Waals surface area (Å²) in [5.74, 6) is -1.78. The van der Waals surface area contributed by atoms with Crippen molar-refractivity contribution in [2.24, 2.45) is 0 Å². The summed E-state index contributed by atoms with van der Waals surface area (Å²) in [7, 11) is 0. The van der Waals surface area contributed by atoms with Crippen molar-refractivity contribution >= 4 is 16.6 Å². The molecule has 0 spiro atoms. The Morgan fingerprint density at radius 2 is 1.91 bits per heavy atom. The Kier molecular flexibility index (Phi) is 2.91. The van der Waals surface area contributed by atoms with Crippen molar-refractivity contribution in [2.75, 3.05) is 11.9 Å². The third-order valence-corrected chi connectivity index (χ3v) is 4.45. The number of pyridine rings is 1. The zero-order valence-corrected chi connectivity index (χ0v) is 12.9. The van der Waals surface area contributed by atoms with Crippen molar-refractivity contribution in [2.45, 2.75) is 25.7 Å². The number of hydrogen-bond acceptors (Lipinski definition) is 3. The highest BCUT2D eigenvalue weighted by Gasteiger charge is 2.29. The first-order valence-corrected chi connectivity index (χ1v) is 7.54. The predicted octanol–water partition coefficient (Wildman–Crippen LogP) is 4.00. The second-order valence-electron chi connectivity index (χ2n) is 6.54. The molecule has 0 amide bonds. The Hall–Kier alpha value is -2.50. The van der Waals surface area contributed by atoms with E-state index in [2.05, 4.69) is 29.4 Å². The van der Waals surface area contributed by atoms with Crippen LogP contribution in [0, 0.1) is 11.6 Å². The molecule has 2 aromatic heterocycles. The fourth-order valence-corrected chi connectivity index (χ4v) is 3.08. The summed E-state index contributed by atoms with van der Waals surface area (Å²) in [5, 5.41) is 10.8. The first-order valence-electron chi connectivity index (χ1n) is 7.54. The zero-order valence-electron chi connectivity index (χ0n) is 12.9. The lowest BCUT2D eigenvalue weighted by Gasteiger charge is -2.32. The number of benzene rings is 1.